The number of carbonyl (C=O) groups is 1. The average molecular weight is 456 g/mol. The van der Waals surface area contributed by atoms with Crippen LogP contribution in [0.25, 0.3) is 0 Å². The van der Waals surface area contributed by atoms with Gasteiger partial charge in [-0.15, -0.1) is 6.58 Å². The van der Waals surface area contributed by atoms with Crippen molar-refractivity contribution in [2.24, 2.45) is 0 Å². The Kier molecular flexibility index (Phi) is 6.89. The van der Waals surface area contributed by atoms with Gasteiger partial charge in [0.05, 0.1) is 16.3 Å². The summed E-state index contributed by atoms with van der Waals surface area (Å²) in [6.07, 6.45) is 1.56. The summed E-state index contributed by atoms with van der Waals surface area (Å²) in [7, 11) is 0. The lowest BCUT2D eigenvalue weighted by molar-refractivity contribution is -0.137. The summed E-state index contributed by atoms with van der Waals surface area (Å²) < 4.78 is 54.5. The molecular weight excluding hydrogens is 434 g/mol. The highest BCUT2D eigenvalue weighted by Crippen LogP contribution is 2.38. The first kappa shape index (κ1) is 23.1. The van der Waals surface area contributed by atoms with E-state index < -0.39 is 29.1 Å². The van der Waals surface area contributed by atoms with Crippen molar-refractivity contribution in [2.45, 2.75) is 49.9 Å². The Morgan fingerprint density at radius 1 is 1.19 bits per heavy atom. The molecule has 1 aliphatic carbocycles. The summed E-state index contributed by atoms with van der Waals surface area (Å²) in [5.74, 6) is -1.08. The van der Waals surface area contributed by atoms with E-state index >= 15 is 0 Å². The van der Waals surface area contributed by atoms with Gasteiger partial charge in [-0.1, -0.05) is 30.5 Å². The van der Waals surface area contributed by atoms with Gasteiger partial charge in [0.1, 0.15) is 11.4 Å². The molecule has 1 unspecified atom stereocenters. The van der Waals surface area contributed by atoms with Gasteiger partial charge in [-0.25, -0.2) is 9.18 Å². The van der Waals surface area contributed by atoms with Crippen molar-refractivity contribution < 1.29 is 22.4 Å². The zero-order chi connectivity index (χ0) is 22.6. The maximum atomic E-state index is 14.3. The summed E-state index contributed by atoms with van der Waals surface area (Å²) in [5, 5.41) is 5.91. The molecule has 0 aliphatic heterocycles. The molecule has 166 valence electrons. The summed E-state index contributed by atoms with van der Waals surface area (Å²) in [6, 6.07) is 4.57. The Morgan fingerprint density at radius 3 is 2.45 bits per heavy atom. The number of pyridine rings is 1. The molecule has 1 heterocycles. The molecule has 1 atom stereocenters. The predicted molar refractivity (Wildman–Crippen MR) is 110 cm³/mol. The molecule has 2 amide bonds. The van der Waals surface area contributed by atoms with E-state index in [9.17, 15) is 22.4 Å². The molecule has 1 aromatic carbocycles. The van der Waals surface area contributed by atoms with Crippen LogP contribution in [0.15, 0.2) is 49.2 Å². The molecule has 3 rings (SSSR count). The lowest BCUT2D eigenvalue weighted by atomic mass is 9.82. The van der Waals surface area contributed by atoms with Gasteiger partial charge in [0.25, 0.3) is 0 Å². The predicted octanol–water partition coefficient (Wildman–Crippen LogP) is 5.95. The molecule has 31 heavy (non-hydrogen) atoms. The number of halogens is 5. The fourth-order valence-electron chi connectivity index (χ4n) is 3.89. The fraction of sp³-hybridized carbons (Fsp3) is 0.364. The monoisotopic (exact) mass is 455 g/mol. The fourth-order valence-corrected chi connectivity index (χ4v) is 4.00. The second-order valence-electron chi connectivity index (χ2n) is 7.57. The number of alkyl halides is 3. The van der Waals surface area contributed by atoms with E-state index in [2.05, 4.69) is 22.2 Å². The van der Waals surface area contributed by atoms with Crippen molar-refractivity contribution in [1.29, 1.82) is 0 Å². The van der Waals surface area contributed by atoms with Crippen molar-refractivity contribution in [1.82, 2.24) is 15.6 Å². The molecule has 4 nitrogen and oxygen atoms in total. The lowest BCUT2D eigenvalue weighted by Gasteiger charge is -2.35. The van der Waals surface area contributed by atoms with Crippen LogP contribution >= 0.6 is 11.6 Å². The highest BCUT2D eigenvalue weighted by molar-refractivity contribution is 6.30. The molecule has 0 bridgehead atoms. The second-order valence-corrected chi connectivity index (χ2v) is 8.00. The number of hydrogen-bond donors (Lipinski definition) is 2. The zero-order valence-corrected chi connectivity index (χ0v) is 17.4. The van der Waals surface area contributed by atoms with Gasteiger partial charge in [0.2, 0.25) is 0 Å². The number of nitrogens with one attached hydrogen (secondary N) is 2. The number of rotatable bonds is 6. The smallest absolute Gasteiger partial charge is 0.335 e. The molecule has 0 saturated heterocycles. The maximum Gasteiger partial charge on any atom is 0.416 e. The van der Waals surface area contributed by atoms with Crippen LogP contribution in [0.2, 0.25) is 5.02 Å². The standard InChI is InChI=1S/C22H22ClF4N3O/c1-2-9-21(19-8-7-16(23)13-28-19,30-20(31)29-18-5-3-4-6-18)14-10-15(22(25,26)27)12-17(24)11-14/h2,7-8,10-13,18H,1,3-6,9H2,(H2,29,30,31). The number of aromatic nitrogens is 1. The molecular formula is C22H22ClF4N3O. The number of nitrogens with zero attached hydrogens (tertiary/aromatic N) is 1. The van der Waals surface area contributed by atoms with Gasteiger partial charge < -0.3 is 10.6 Å². The van der Waals surface area contributed by atoms with Crippen LogP contribution in [0.3, 0.4) is 0 Å². The van der Waals surface area contributed by atoms with Crippen molar-refractivity contribution in [3.05, 3.63) is 76.8 Å². The number of carbonyl (C=O) groups excluding carboxylic acids is 1. The van der Waals surface area contributed by atoms with Crippen LogP contribution in [0.5, 0.6) is 0 Å². The van der Waals surface area contributed by atoms with Gasteiger partial charge in [-0.05, 0) is 55.2 Å². The molecule has 0 radical (unpaired) electrons. The molecule has 9 heteroatoms. The number of benzene rings is 1. The van der Waals surface area contributed by atoms with Gasteiger partial charge in [-0.2, -0.15) is 13.2 Å². The van der Waals surface area contributed by atoms with Gasteiger partial charge >= 0.3 is 12.2 Å². The van der Waals surface area contributed by atoms with E-state index in [1.165, 1.54) is 24.4 Å². The molecule has 1 saturated carbocycles. The summed E-state index contributed by atoms with van der Waals surface area (Å²) >= 11 is 5.92. The van der Waals surface area contributed by atoms with Gasteiger partial charge in [0.15, 0.2) is 0 Å². The molecule has 1 aliphatic rings. The number of urea groups is 1. The quantitative estimate of drug-likeness (QED) is 0.417. The first-order valence-electron chi connectivity index (χ1n) is 9.84. The minimum absolute atomic E-state index is 0.0273. The van der Waals surface area contributed by atoms with Crippen LogP contribution in [0.1, 0.15) is 48.9 Å². The Hall–Kier alpha value is -2.61. The highest BCUT2D eigenvalue weighted by atomic mass is 35.5. The van der Waals surface area contributed by atoms with E-state index in [1.54, 1.807) is 0 Å². The summed E-state index contributed by atoms with van der Waals surface area (Å²) in [4.78, 5) is 17.1. The highest BCUT2D eigenvalue weighted by Gasteiger charge is 2.40. The molecule has 2 N–H and O–H groups in total. The molecule has 2 aromatic rings. The SMILES string of the molecule is C=CCC(NC(=O)NC1CCCC1)(c1cc(F)cc(C(F)(F)F)c1)c1ccc(Cl)cn1. The minimum atomic E-state index is -4.77. The molecule has 0 spiro atoms. The average Bonchev–Trinajstić information content (AvgIpc) is 3.20. The summed E-state index contributed by atoms with van der Waals surface area (Å²) in [5.41, 5.74) is -2.65. The van der Waals surface area contributed by atoms with Gasteiger partial charge in [-0.3, -0.25) is 4.98 Å². The van der Waals surface area contributed by atoms with E-state index in [1.807, 2.05) is 0 Å². The van der Waals surface area contributed by atoms with Crippen molar-refractivity contribution in [2.75, 3.05) is 0 Å². The maximum absolute atomic E-state index is 14.3. The van der Waals surface area contributed by atoms with Crippen LogP contribution in [0, 0.1) is 5.82 Å². The first-order valence-corrected chi connectivity index (χ1v) is 10.2. The zero-order valence-electron chi connectivity index (χ0n) is 16.6. The Bertz CT molecular complexity index is 943. The molecule has 1 aromatic heterocycles. The Balaban J connectivity index is 2.12. The normalized spacial score (nSPS) is 16.5. The van der Waals surface area contributed by atoms with Gasteiger partial charge in [0, 0.05) is 12.2 Å². The largest absolute Gasteiger partial charge is 0.416 e. The Labute approximate surface area is 182 Å². The van der Waals surface area contributed by atoms with Crippen LogP contribution in [-0.4, -0.2) is 17.1 Å². The summed E-state index contributed by atoms with van der Waals surface area (Å²) in [6.45, 7) is 3.68. The first-order chi connectivity index (χ1) is 14.6. The van der Waals surface area contributed by atoms with E-state index in [-0.39, 0.29) is 23.7 Å². The Morgan fingerprint density at radius 2 is 1.87 bits per heavy atom. The van der Waals surface area contributed by atoms with E-state index in [4.69, 9.17) is 11.6 Å². The number of amides is 2. The third kappa shape index (κ3) is 5.36. The number of hydrogen-bond acceptors (Lipinski definition) is 2. The van der Waals surface area contributed by atoms with Crippen molar-refractivity contribution in [3.8, 4) is 0 Å². The van der Waals surface area contributed by atoms with Crippen LogP contribution < -0.4 is 10.6 Å². The van der Waals surface area contributed by atoms with E-state index in [0.717, 1.165) is 37.8 Å². The third-order valence-electron chi connectivity index (χ3n) is 5.35. The lowest BCUT2D eigenvalue weighted by Crippen LogP contribution is -2.52. The molecule has 1 fully saturated rings. The van der Waals surface area contributed by atoms with Crippen molar-refractivity contribution in [3.63, 3.8) is 0 Å². The second kappa shape index (κ2) is 9.26. The van der Waals surface area contributed by atoms with Crippen LogP contribution in [-0.2, 0) is 11.7 Å². The van der Waals surface area contributed by atoms with Crippen molar-refractivity contribution >= 4 is 17.6 Å². The third-order valence-corrected chi connectivity index (χ3v) is 5.57. The van der Waals surface area contributed by atoms with Crippen LogP contribution in [0.4, 0.5) is 22.4 Å². The van der Waals surface area contributed by atoms with E-state index in [0.29, 0.717) is 11.1 Å². The minimum Gasteiger partial charge on any atom is -0.335 e. The topological polar surface area (TPSA) is 54.0 Å².